The third kappa shape index (κ3) is 4.37. The lowest BCUT2D eigenvalue weighted by Gasteiger charge is -2.08. The molecule has 0 aliphatic carbocycles. The molecule has 2 aromatic carbocycles. The van der Waals surface area contributed by atoms with Crippen molar-refractivity contribution in [2.45, 2.75) is 6.61 Å². The molecule has 0 heterocycles. The molecule has 2 nitrogen and oxygen atoms in total. The smallest absolute Gasteiger partial charge is 0.138 e. The molecular formula is C16H12Cl2FNO. The van der Waals surface area contributed by atoms with Crippen LogP contribution in [0.2, 0.25) is 10.0 Å². The number of hydrogen-bond acceptors (Lipinski definition) is 2. The van der Waals surface area contributed by atoms with Crippen molar-refractivity contribution in [2.24, 2.45) is 5.73 Å². The number of rotatable bonds is 3. The fourth-order valence-corrected chi connectivity index (χ4v) is 1.93. The van der Waals surface area contributed by atoms with Crippen LogP contribution in [-0.4, -0.2) is 6.54 Å². The van der Waals surface area contributed by atoms with Crippen molar-refractivity contribution in [1.82, 2.24) is 0 Å². The van der Waals surface area contributed by atoms with Gasteiger partial charge in [0.2, 0.25) is 0 Å². The molecule has 0 radical (unpaired) electrons. The molecule has 0 unspecified atom stereocenters. The Morgan fingerprint density at radius 1 is 1.10 bits per heavy atom. The van der Waals surface area contributed by atoms with Gasteiger partial charge in [0.05, 0.1) is 22.2 Å². The van der Waals surface area contributed by atoms with Gasteiger partial charge in [0.25, 0.3) is 0 Å². The van der Waals surface area contributed by atoms with Gasteiger partial charge in [-0.1, -0.05) is 41.1 Å². The van der Waals surface area contributed by atoms with Crippen LogP contribution >= 0.6 is 23.2 Å². The van der Waals surface area contributed by atoms with E-state index in [-0.39, 0.29) is 19.0 Å². The zero-order valence-electron chi connectivity index (χ0n) is 11.0. The van der Waals surface area contributed by atoms with Gasteiger partial charge >= 0.3 is 0 Å². The van der Waals surface area contributed by atoms with Crippen LogP contribution in [0.4, 0.5) is 4.39 Å². The van der Waals surface area contributed by atoms with Gasteiger partial charge in [-0.2, -0.15) is 0 Å². The van der Waals surface area contributed by atoms with Crippen molar-refractivity contribution in [3.05, 3.63) is 63.4 Å². The van der Waals surface area contributed by atoms with E-state index in [2.05, 4.69) is 11.8 Å². The van der Waals surface area contributed by atoms with E-state index in [0.29, 0.717) is 21.4 Å². The first kappa shape index (κ1) is 15.7. The summed E-state index contributed by atoms with van der Waals surface area (Å²) >= 11 is 11.7. The molecule has 0 aromatic heterocycles. The maximum absolute atomic E-state index is 13.5. The molecule has 0 aliphatic rings. The molecule has 2 aromatic rings. The molecule has 0 bridgehead atoms. The molecule has 2 rings (SSSR count). The van der Waals surface area contributed by atoms with Crippen LogP contribution in [0.25, 0.3) is 0 Å². The first-order chi connectivity index (χ1) is 10.1. The summed E-state index contributed by atoms with van der Waals surface area (Å²) in [4.78, 5) is 0. The highest BCUT2D eigenvalue weighted by Gasteiger charge is 2.04. The van der Waals surface area contributed by atoms with Crippen LogP contribution in [-0.2, 0) is 6.61 Å². The van der Waals surface area contributed by atoms with Crippen molar-refractivity contribution in [1.29, 1.82) is 0 Å². The van der Waals surface area contributed by atoms with Gasteiger partial charge in [0.1, 0.15) is 18.2 Å². The van der Waals surface area contributed by atoms with E-state index < -0.39 is 0 Å². The minimum absolute atomic E-state index is 0.184. The Hall–Kier alpha value is -1.73. The highest BCUT2D eigenvalue weighted by Crippen LogP contribution is 2.26. The lowest BCUT2D eigenvalue weighted by atomic mass is 10.1. The van der Waals surface area contributed by atoms with Crippen LogP contribution < -0.4 is 10.5 Å². The van der Waals surface area contributed by atoms with Gasteiger partial charge in [-0.15, -0.1) is 0 Å². The van der Waals surface area contributed by atoms with Gasteiger partial charge in [0, 0.05) is 6.07 Å². The van der Waals surface area contributed by atoms with E-state index >= 15 is 0 Å². The van der Waals surface area contributed by atoms with Crippen molar-refractivity contribution < 1.29 is 9.13 Å². The molecule has 2 N–H and O–H groups in total. The van der Waals surface area contributed by atoms with E-state index in [1.807, 2.05) is 0 Å². The van der Waals surface area contributed by atoms with Gasteiger partial charge in [-0.05, 0) is 29.8 Å². The second-order valence-electron chi connectivity index (χ2n) is 4.18. The average molecular weight is 324 g/mol. The third-order valence-corrected chi connectivity index (χ3v) is 3.39. The third-order valence-electron chi connectivity index (χ3n) is 2.65. The highest BCUT2D eigenvalue weighted by atomic mass is 35.5. The molecule has 0 saturated heterocycles. The Kier molecular flexibility index (Phi) is 5.46. The van der Waals surface area contributed by atoms with E-state index in [4.69, 9.17) is 33.7 Å². The van der Waals surface area contributed by atoms with E-state index in [1.165, 1.54) is 6.07 Å². The topological polar surface area (TPSA) is 35.2 Å². The zero-order chi connectivity index (χ0) is 15.2. The summed E-state index contributed by atoms with van der Waals surface area (Å²) < 4.78 is 19.1. The fourth-order valence-electron chi connectivity index (χ4n) is 1.64. The average Bonchev–Trinajstić information content (AvgIpc) is 2.48. The molecule has 0 amide bonds. The minimum atomic E-state index is -0.380. The standard InChI is InChI=1S/C16H12Cl2FNO/c17-14-5-4-13(9-15(14)18)21-10-11-3-6-16(19)12(8-11)2-1-7-20/h3-6,8-9H,7,10,20H2. The molecule has 0 aliphatic heterocycles. The molecule has 0 atom stereocenters. The maximum atomic E-state index is 13.5. The predicted octanol–water partition coefficient (Wildman–Crippen LogP) is 4.02. The minimum Gasteiger partial charge on any atom is -0.489 e. The number of halogens is 3. The Balaban J connectivity index is 2.11. The first-order valence-electron chi connectivity index (χ1n) is 6.15. The second kappa shape index (κ2) is 7.33. The molecular weight excluding hydrogens is 312 g/mol. The van der Waals surface area contributed by atoms with Crippen LogP contribution in [0, 0.1) is 17.7 Å². The molecule has 5 heteroatoms. The summed E-state index contributed by atoms with van der Waals surface area (Å²) in [7, 11) is 0. The van der Waals surface area contributed by atoms with Gasteiger partial charge in [-0.3, -0.25) is 0 Å². The van der Waals surface area contributed by atoms with Crippen molar-refractivity contribution in [3.8, 4) is 17.6 Å². The monoisotopic (exact) mass is 323 g/mol. The van der Waals surface area contributed by atoms with Gasteiger partial charge < -0.3 is 10.5 Å². The second-order valence-corrected chi connectivity index (χ2v) is 5.00. The van der Waals surface area contributed by atoms with Crippen LogP contribution in [0.3, 0.4) is 0 Å². The Bertz CT molecular complexity index is 707. The van der Waals surface area contributed by atoms with Crippen molar-refractivity contribution in [3.63, 3.8) is 0 Å². The Morgan fingerprint density at radius 3 is 2.62 bits per heavy atom. The van der Waals surface area contributed by atoms with Crippen molar-refractivity contribution in [2.75, 3.05) is 6.54 Å². The number of benzene rings is 2. The Morgan fingerprint density at radius 2 is 1.90 bits per heavy atom. The van der Waals surface area contributed by atoms with Gasteiger partial charge in [-0.25, -0.2) is 4.39 Å². The summed E-state index contributed by atoms with van der Waals surface area (Å²) in [5.41, 5.74) is 6.38. The Labute approximate surface area is 132 Å². The predicted molar refractivity (Wildman–Crippen MR) is 83.1 cm³/mol. The summed E-state index contributed by atoms with van der Waals surface area (Å²) in [5.74, 6) is 5.51. The largest absolute Gasteiger partial charge is 0.489 e. The van der Waals surface area contributed by atoms with Crippen LogP contribution in [0.1, 0.15) is 11.1 Å². The highest BCUT2D eigenvalue weighted by molar-refractivity contribution is 6.42. The molecule has 0 saturated carbocycles. The summed E-state index contributed by atoms with van der Waals surface area (Å²) in [6.07, 6.45) is 0. The lowest BCUT2D eigenvalue weighted by Crippen LogP contribution is -1.98. The number of hydrogen-bond donors (Lipinski definition) is 1. The zero-order valence-corrected chi connectivity index (χ0v) is 12.5. The summed E-state index contributed by atoms with van der Waals surface area (Å²) in [6, 6.07) is 9.63. The molecule has 0 spiro atoms. The quantitative estimate of drug-likeness (QED) is 0.866. The number of ether oxygens (including phenoxy) is 1. The first-order valence-corrected chi connectivity index (χ1v) is 6.91. The van der Waals surface area contributed by atoms with E-state index in [1.54, 1.807) is 30.3 Å². The summed E-state index contributed by atoms with van der Waals surface area (Å²) in [6.45, 7) is 0.457. The molecule has 108 valence electrons. The van der Waals surface area contributed by atoms with Gasteiger partial charge in [0.15, 0.2) is 0 Å². The fraction of sp³-hybridized carbons (Fsp3) is 0.125. The lowest BCUT2D eigenvalue weighted by molar-refractivity contribution is 0.306. The van der Waals surface area contributed by atoms with Crippen LogP contribution in [0.15, 0.2) is 36.4 Å². The molecule has 21 heavy (non-hydrogen) atoms. The normalized spacial score (nSPS) is 9.90. The van der Waals surface area contributed by atoms with Crippen LogP contribution in [0.5, 0.6) is 5.75 Å². The SMILES string of the molecule is NCC#Cc1cc(COc2ccc(Cl)c(Cl)c2)ccc1F. The van der Waals surface area contributed by atoms with E-state index in [0.717, 1.165) is 5.56 Å². The molecule has 0 fully saturated rings. The van der Waals surface area contributed by atoms with Crippen molar-refractivity contribution >= 4 is 23.2 Å². The summed E-state index contributed by atoms with van der Waals surface area (Å²) in [5, 5.41) is 0.882. The maximum Gasteiger partial charge on any atom is 0.138 e. The number of nitrogens with two attached hydrogens (primary N) is 1. The van der Waals surface area contributed by atoms with E-state index in [9.17, 15) is 4.39 Å².